The third-order valence-electron chi connectivity index (χ3n) is 2.32. The molecule has 0 unspecified atom stereocenters. The molecule has 6 heteroatoms. The van der Waals surface area contributed by atoms with Gasteiger partial charge in [0.2, 0.25) is 10.0 Å². The Morgan fingerprint density at radius 2 is 1.88 bits per heavy atom. The summed E-state index contributed by atoms with van der Waals surface area (Å²) in [5.74, 6) is 0. The van der Waals surface area contributed by atoms with Gasteiger partial charge in [0, 0.05) is 23.2 Å². The van der Waals surface area contributed by atoms with Crippen LogP contribution in [0.2, 0.25) is 0 Å². The van der Waals surface area contributed by atoms with E-state index in [4.69, 9.17) is 5.73 Å². The molecule has 16 heavy (non-hydrogen) atoms. The van der Waals surface area contributed by atoms with Crippen molar-refractivity contribution in [2.75, 3.05) is 18.8 Å². The molecule has 0 aliphatic carbocycles. The molecule has 2 N–H and O–H groups in total. The van der Waals surface area contributed by atoms with Crippen molar-refractivity contribution in [2.45, 2.75) is 18.7 Å². The van der Waals surface area contributed by atoms with E-state index in [9.17, 15) is 8.42 Å². The van der Waals surface area contributed by atoms with Crippen LogP contribution in [0.1, 0.15) is 13.8 Å². The standard InChI is InChI=1S/C10H15BrN2O2S/c1-3-13(4-2)16(14,15)8-5-6-10(12)9(11)7-8/h5-7H,3-4,12H2,1-2H3. The maximum Gasteiger partial charge on any atom is 0.243 e. The summed E-state index contributed by atoms with van der Waals surface area (Å²) in [6.07, 6.45) is 0. The van der Waals surface area contributed by atoms with E-state index in [0.717, 1.165) is 0 Å². The Morgan fingerprint density at radius 1 is 1.31 bits per heavy atom. The molecular formula is C10H15BrN2O2S. The molecule has 0 amide bonds. The summed E-state index contributed by atoms with van der Waals surface area (Å²) in [4.78, 5) is 0.261. The summed E-state index contributed by atoms with van der Waals surface area (Å²) in [7, 11) is -3.39. The topological polar surface area (TPSA) is 63.4 Å². The Labute approximate surface area is 105 Å². The Morgan fingerprint density at radius 3 is 2.31 bits per heavy atom. The van der Waals surface area contributed by atoms with Crippen LogP contribution in [0.25, 0.3) is 0 Å². The molecule has 0 aliphatic heterocycles. The van der Waals surface area contributed by atoms with E-state index in [-0.39, 0.29) is 4.90 Å². The highest BCUT2D eigenvalue weighted by Crippen LogP contribution is 2.24. The second kappa shape index (κ2) is 5.16. The fraction of sp³-hybridized carbons (Fsp3) is 0.400. The molecule has 1 rings (SSSR count). The fourth-order valence-electron chi connectivity index (χ4n) is 1.38. The highest BCUT2D eigenvalue weighted by molar-refractivity contribution is 9.10. The van der Waals surface area contributed by atoms with Gasteiger partial charge < -0.3 is 5.73 Å². The number of halogens is 1. The number of anilines is 1. The maximum absolute atomic E-state index is 12.1. The van der Waals surface area contributed by atoms with E-state index < -0.39 is 10.0 Å². The molecule has 1 aromatic rings. The van der Waals surface area contributed by atoms with E-state index in [1.54, 1.807) is 6.07 Å². The molecule has 0 radical (unpaired) electrons. The van der Waals surface area contributed by atoms with Gasteiger partial charge in [-0.3, -0.25) is 0 Å². The lowest BCUT2D eigenvalue weighted by Crippen LogP contribution is -2.30. The smallest absolute Gasteiger partial charge is 0.243 e. The molecule has 0 saturated carbocycles. The van der Waals surface area contributed by atoms with E-state index in [1.165, 1.54) is 16.4 Å². The van der Waals surface area contributed by atoms with Crippen LogP contribution in [0.3, 0.4) is 0 Å². The zero-order valence-electron chi connectivity index (χ0n) is 9.27. The predicted molar refractivity (Wildman–Crippen MR) is 68.7 cm³/mol. The van der Waals surface area contributed by atoms with E-state index >= 15 is 0 Å². The monoisotopic (exact) mass is 306 g/mol. The second-order valence-electron chi connectivity index (χ2n) is 3.27. The summed E-state index contributed by atoms with van der Waals surface area (Å²) in [5.41, 5.74) is 6.14. The van der Waals surface area contributed by atoms with Crippen molar-refractivity contribution >= 4 is 31.6 Å². The minimum Gasteiger partial charge on any atom is -0.398 e. The van der Waals surface area contributed by atoms with Crippen molar-refractivity contribution in [3.63, 3.8) is 0 Å². The molecule has 1 aromatic carbocycles. The third kappa shape index (κ3) is 2.56. The molecule has 0 fully saturated rings. The number of nitrogen functional groups attached to an aromatic ring is 1. The Bertz CT molecular complexity index is 470. The van der Waals surface area contributed by atoms with Gasteiger partial charge >= 0.3 is 0 Å². The summed E-state index contributed by atoms with van der Waals surface area (Å²) in [6, 6.07) is 4.64. The molecule has 0 saturated heterocycles. The van der Waals surface area contributed by atoms with Gasteiger partial charge in [0.05, 0.1) is 4.90 Å². The predicted octanol–water partition coefficient (Wildman–Crippen LogP) is 2.06. The number of rotatable bonds is 4. The summed E-state index contributed by atoms with van der Waals surface area (Å²) >= 11 is 3.22. The average Bonchev–Trinajstić information content (AvgIpc) is 2.23. The van der Waals surface area contributed by atoms with Crippen LogP contribution in [0.5, 0.6) is 0 Å². The number of hydrogen-bond donors (Lipinski definition) is 1. The Balaban J connectivity index is 3.22. The first-order valence-corrected chi connectivity index (χ1v) is 7.22. The van der Waals surface area contributed by atoms with Crippen LogP contribution in [0, 0.1) is 0 Å². The lowest BCUT2D eigenvalue weighted by molar-refractivity contribution is 0.445. The largest absolute Gasteiger partial charge is 0.398 e. The minimum atomic E-state index is -3.39. The first kappa shape index (κ1) is 13.5. The molecule has 0 atom stereocenters. The number of nitrogens with two attached hydrogens (primary N) is 1. The van der Waals surface area contributed by atoms with Gasteiger partial charge in [0.25, 0.3) is 0 Å². The van der Waals surface area contributed by atoms with Crippen molar-refractivity contribution in [3.05, 3.63) is 22.7 Å². The highest BCUT2D eigenvalue weighted by Gasteiger charge is 2.21. The minimum absolute atomic E-state index is 0.261. The Hall–Kier alpha value is -0.590. The van der Waals surface area contributed by atoms with Crippen molar-refractivity contribution in [1.82, 2.24) is 4.31 Å². The SMILES string of the molecule is CCN(CC)S(=O)(=O)c1ccc(N)c(Br)c1. The highest BCUT2D eigenvalue weighted by atomic mass is 79.9. The molecule has 0 heterocycles. The van der Waals surface area contributed by atoms with Crippen molar-refractivity contribution in [2.24, 2.45) is 0 Å². The molecule has 0 bridgehead atoms. The third-order valence-corrected chi connectivity index (χ3v) is 5.05. The Kier molecular flexibility index (Phi) is 4.35. The normalized spacial score (nSPS) is 12.0. The van der Waals surface area contributed by atoms with Crippen molar-refractivity contribution in [1.29, 1.82) is 0 Å². The van der Waals surface area contributed by atoms with Gasteiger partial charge in [-0.1, -0.05) is 13.8 Å². The number of nitrogens with zero attached hydrogens (tertiary/aromatic N) is 1. The molecule has 4 nitrogen and oxygen atoms in total. The van der Waals surface area contributed by atoms with Gasteiger partial charge in [-0.25, -0.2) is 8.42 Å². The number of benzene rings is 1. The van der Waals surface area contributed by atoms with E-state index in [1.807, 2.05) is 13.8 Å². The lowest BCUT2D eigenvalue weighted by atomic mass is 10.3. The summed E-state index contributed by atoms with van der Waals surface area (Å²) in [6.45, 7) is 4.54. The molecule has 90 valence electrons. The molecular weight excluding hydrogens is 292 g/mol. The van der Waals surface area contributed by atoms with E-state index in [2.05, 4.69) is 15.9 Å². The first-order chi connectivity index (χ1) is 7.43. The van der Waals surface area contributed by atoms with Crippen LogP contribution in [0.15, 0.2) is 27.6 Å². The number of hydrogen-bond acceptors (Lipinski definition) is 3. The summed E-state index contributed by atoms with van der Waals surface area (Å²) < 4.78 is 26.3. The molecule has 0 aromatic heterocycles. The quantitative estimate of drug-likeness (QED) is 0.866. The zero-order valence-corrected chi connectivity index (χ0v) is 11.7. The van der Waals surface area contributed by atoms with Gasteiger partial charge in [-0.15, -0.1) is 0 Å². The van der Waals surface area contributed by atoms with Gasteiger partial charge in [0.1, 0.15) is 0 Å². The second-order valence-corrected chi connectivity index (χ2v) is 6.06. The van der Waals surface area contributed by atoms with Gasteiger partial charge in [-0.05, 0) is 34.1 Å². The van der Waals surface area contributed by atoms with E-state index in [0.29, 0.717) is 23.2 Å². The van der Waals surface area contributed by atoms with Crippen molar-refractivity contribution in [3.8, 4) is 0 Å². The average molecular weight is 307 g/mol. The van der Waals surface area contributed by atoms with Crippen LogP contribution in [0.4, 0.5) is 5.69 Å². The molecule has 0 spiro atoms. The first-order valence-electron chi connectivity index (χ1n) is 4.98. The van der Waals surface area contributed by atoms with Crippen LogP contribution in [-0.4, -0.2) is 25.8 Å². The maximum atomic E-state index is 12.1. The fourth-order valence-corrected chi connectivity index (χ4v) is 3.40. The van der Waals surface area contributed by atoms with Crippen molar-refractivity contribution < 1.29 is 8.42 Å². The number of sulfonamides is 1. The lowest BCUT2D eigenvalue weighted by Gasteiger charge is -2.18. The summed E-state index contributed by atoms with van der Waals surface area (Å²) in [5, 5.41) is 0. The zero-order chi connectivity index (χ0) is 12.3. The molecule has 0 aliphatic rings. The van der Waals surface area contributed by atoms with Gasteiger partial charge in [-0.2, -0.15) is 4.31 Å². The van der Waals surface area contributed by atoms with Crippen LogP contribution >= 0.6 is 15.9 Å². The van der Waals surface area contributed by atoms with Crippen LogP contribution < -0.4 is 5.73 Å². The van der Waals surface area contributed by atoms with Crippen LogP contribution in [-0.2, 0) is 10.0 Å². The van der Waals surface area contributed by atoms with Gasteiger partial charge in [0.15, 0.2) is 0 Å².